The average Bonchev–Trinajstić information content (AvgIpc) is 3.20. The molecule has 4 N–H and O–H groups in total. The Bertz CT molecular complexity index is 483. The number of urea groups is 1. The van der Waals surface area contributed by atoms with Gasteiger partial charge in [0, 0.05) is 25.6 Å². The van der Waals surface area contributed by atoms with Gasteiger partial charge in [0.05, 0.1) is 0 Å². The Morgan fingerprint density at radius 3 is 2.68 bits per heavy atom. The van der Waals surface area contributed by atoms with E-state index in [1.165, 1.54) is 4.90 Å². The van der Waals surface area contributed by atoms with Crippen LogP contribution in [-0.2, 0) is 9.59 Å². The SMILES string of the molecule is NC(CNC(=O)CCN1C(=O)NC2(CCCC2)C1=O)C1CC1. The van der Waals surface area contributed by atoms with E-state index in [0.29, 0.717) is 25.3 Å². The normalized spacial score (nSPS) is 24.7. The van der Waals surface area contributed by atoms with Crippen LogP contribution in [0.2, 0.25) is 0 Å². The lowest BCUT2D eigenvalue weighted by atomic mass is 9.98. The molecule has 3 rings (SSSR count). The standard InChI is InChI=1S/C15H24N4O3/c16-11(10-3-4-10)9-17-12(20)5-8-19-13(21)15(18-14(19)22)6-1-2-7-15/h10-11H,1-9,16H2,(H,17,20)(H,18,22). The molecule has 7 heteroatoms. The molecule has 1 spiro atoms. The van der Waals surface area contributed by atoms with Crippen molar-refractivity contribution in [3.05, 3.63) is 0 Å². The fourth-order valence-electron chi connectivity index (χ4n) is 3.42. The molecule has 2 saturated carbocycles. The Morgan fingerprint density at radius 1 is 1.36 bits per heavy atom. The van der Waals surface area contributed by atoms with Crippen LogP contribution in [-0.4, -0.2) is 47.4 Å². The summed E-state index contributed by atoms with van der Waals surface area (Å²) in [5, 5.41) is 5.60. The third-order valence-electron chi connectivity index (χ3n) is 5.03. The second-order valence-electron chi connectivity index (χ2n) is 6.73. The molecule has 0 aromatic rings. The summed E-state index contributed by atoms with van der Waals surface area (Å²) in [5.74, 6) is 0.204. The quantitative estimate of drug-likeness (QED) is 0.605. The Morgan fingerprint density at radius 2 is 2.05 bits per heavy atom. The van der Waals surface area contributed by atoms with E-state index in [9.17, 15) is 14.4 Å². The second-order valence-corrected chi connectivity index (χ2v) is 6.73. The van der Waals surface area contributed by atoms with Crippen molar-refractivity contribution in [2.75, 3.05) is 13.1 Å². The summed E-state index contributed by atoms with van der Waals surface area (Å²) < 4.78 is 0. The molecule has 1 heterocycles. The van der Waals surface area contributed by atoms with Gasteiger partial charge in [0.1, 0.15) is 5.54 Å². The molecule has 122 valence electrons. The highest BCUT2D eigenvalue weighted by Gasteiger charge is 2.52. The van der Waals surface area contributed by atoms with E-state index in [1.54, 1.807) is 0 Å². The second kappa shape index (κ2) is 5.87. The van der Waals surface area contributed by atoms with E-state index < -0.39 is 5.54 Å². The van der Waals surface area contributed by atoms with Gasteiger partial charge in [-0.05, 0) is 31.6 Å². The van der Waals surface area contributed by atoms with Crippen LogP contribution in [0.15, 0.2) is 0 Å². The molecule has 0 radical (unpaired) electrons. The molecule has 0 aromatic carbocycles. The first kappa shape index (κ1) is 15.3. The topological polar surface area (TPSA) is 105 Å². The van der Waals surface area contributed by atoms with Crippen molar-refractivity contribution >= 4 is 17.8 Å². The summed E-state index contributed by atoms with van der Waals surface area (Å²) in [4.78, 5) is 37.4. The molecule has 2 aliphatic carbocycles. The van der Waals surface area contributed by atoms with E-state index in [4.69, 9.17) is 5.73 Å². The zero-order valence-electron chi connectivity index (χ0n) is 12.8. The minimum Gasteiger partial charge on any atom is -0.354 e. The Balaban J connectivity index is 1.45. The smallest absolute Gasteiger partial charge is 0.325 e. The highest BCUT2D eigenvalue weighted by Crippen LogP contribution is 2.35. The fraction of sp³-hybridized carbons (Fsp3) is 0.800. The minimum atomic E-state index is -0.693. The van der Waals surface area contributed by atoms with Crippen molar-refractivity contribution in [2.24, 2.45) is 11.7 Å². The predicted molar refractivity (Wildman–Crippen MR) is 79.8 cm³/mol. The first-order chi connectivity index (χ1) is 10.5. The van der Waals surface area contributed by atoms with Gasteiger partial charge in [0.2, 0.25) is 5.91 Å². The van der Waals surface area contributed by atoms with E-state index in [0.717, 1.165) is 25.7 Å². The van der Waals surface area contributed by atoms with Gasteiger partial charge in [-0.25, -0.2) is 4.79 Å². The molecule has 0 bridgehead atoms. The van der Waals surface area contributed by atoms with E-state index in [1.807, 2.05) is 0 Å². The van der Waals surface area contributed by atoms with Crippen molar-refractivity contribution in [2.45, 2.75) is 56.5 Å². The molecule has 22 heavy (non-hydrogen) atoms. The number of hydrogen-bond donors (Lipinski definition) is 3. The molecule has 3 fully saturated rings. The van der Waals surface area contributed by atoms with Crippen molar-refractivity contribution in [3.8, 4) is 0 Å². The van der Waals surface area contributed by atoms with Crippen molar-refractivity contribution < 1.29 is 14.4 Å². The summed E-state index contributed by atoms with van der Waals surface area (Å²) in [5.41, 5.74) is 5.23. The minimum absolute atomic E-state index is 0.0161. The molecule has 1 atom stereocenters. The van der Waals surface area contributed by atoms with Crippen LogP contribution in [0.3, 0.4) is 0 Å². The molecule has 1 saturated heterocycles. The van der Waals surface area contributed by atoms with Crippen LogP contribution in [0, 0.1) is 5.92 Å². The van der Waals surface area contributed by atoms with Crippen molar-refractivity contribution in [1.82, 2.24) is 15.5 Å². The number of carbonyl (C=O) groups excluding carboxylic acids is 3. The van der Waals surface area contributed by atoms with Gasteiger partial charge in [-0.3, -0.25) is 14.5 Å². The Labute approximate surface area is 130 Å². The lowest BCUT2D eigenvalue weighted by Gasteiger charge is -2.20. The molecule has 3 aliphatic rings. The Hall–Kier alpha value is -1.63. The third kappa shape index (κ3) is 2.95. The lowest BCUT2D eigenvalue weighted by Crippen LogP contribution is -2.44. The van der Waals surface area contributed by atoms with Gasteiger partial charge in [0.15, 0.2) is 0 Å². The van der Waals surface area contributed by atoms with Gasteiger partial charge in [0.25, 0.3) is 5.91 Å². The number of carbonyl (C=O) groups is 3. The molecular weight excluding hydrogens is 284 g/mol. The maximum Gasteiger partial charge on any atom is 0.325 e. The number of imide groups is 1. The van der Waals surface area contributed by atoms with Gasteiger partial charge in [-0.1, -0.05) is 12.8 Å². The number of amides is 4. The lowest BCUT2D eigenvalue weighted by molar-refractivity contribution is -0.131. The summed E-state index contributed by atoms with van der Waals surface area (Å²) in [6.45, 7) is 0.602. The number of hydrogen-bond acceptors (Lipinski definition) is 4. The van der Waals surface area contributed by atoms with Crippen LogP contribution in [0.5, 0.6) is 0 Å². The number of rotatable bonds is 6. The van der Waals surface area contributed by atoms with Crippen LogP contribution < -0.4 is 16.4 Å². The maximum absolute atomic E-state index is 12.4. The molecular formula is C15H24N4O3. The number of nitrogens with one attached hydrogen (secondary N) is 2. The first-order valence-corrected chi connectivity index (χ1v) is 8.18. The largest absolute Gasteiger partial charge is 0.354 e. The van der Waals surface area contributed by atoms with Crippen LogP contribution in [0.4, 0.5) is 4.79 Å². The van der Waals surface area contributed by atoms with Crippen LogP contribution >= 0.6 is 0 Å². The highest BCUT2D eigenvalue weighted by atomic mass is 16.2. The number of nitrogens with zero attached hydrogens (tertiary/aromatic N) is 1. The summed E-state index contributed by atoms with van der Waals surface area (Å²) in [6, 6.07) is -0.350. The van der Waals surface area contributed by atoms with Gasteiger partial charge >= 0.3 is 6.03 Å². The van der Waals surface area contributed by atoms with Gasteiger partial charge in [-0.2, -0.15) is 0 Å². The molecule has 7 nitrogen and oxygen atoms in total. The van der Waals surface area contributed by atoms with E-state index in [-0.39, 0.29) is 36.9 Å². The first-order valence-electron chi connectivity index (χ1n) is 8.18. The van der Waals surface area contributed by atoms with E-state index >= 15 is 0 Å². The monoisotopic (exact) mass is 308 g/mol. The van der Waals surface area contributed by atoms with Crippen molar-refractivity contribution in [1.29, 1.82) is 0 Å². The Kier molecular flexibility index (Phi) is 4.08. The molecule has 1 unspecified atom stereocenters. The molecule has 1 aliphatic heterocycles. The zero-order valence-corrected chi connectivity index (χ0v) is 12.8. The summed E-state index contributed by atoms with van der Waals surface area (Å²) in [7, 11) is 0. The van der Waals surface area contributed by atoms with Gasteiger partial charge in [-0.15, -0.1) is 0 Å². The maximum atomic E-state index is 12.4. The van der Waals surface area contributed by atoms with E-state index in [2.05, 4.69) is 10.6 Å². The van der Waals surface area contributed by atoms with Crippen LogP contribution in [0.1, 0.15) is 44.9 Å². The van der Waals surface area contributed by atoms with Crippen molar-refractivity contribution in [3.63, 3.8) is 0 Å². The summed E-state index contributed by atoms with van der Waals surface area (Å²) in [6.07, 6.45) is 5.74. The predicted octanol–water partition coefficient (Wildman–Crippen LogP) is 0.0946. The molecule has 4 amide bonds. The fourth-order valence-corrected chi connectivity index (χ4v) is 3.42. The average molecular weight is 308 g/mol. The van der Waals surface area contributed by atoms with Crippen LogP contribution in [0.25, 0.3) is 0 Å². The molecule has 0 aromatic heterocycles. The summed E-state index contributed by atoms with van der Waals surface area (Å²) >= 11 is 0. The third-order valence-corrected chi connectivity index (χ3v) is 5.03. The number of nitrogens with two attached hydrogens (primary N) is 1. The van der Waals surface area contributed by atoms with Gasteiger partial charge < -0.3 is 16.4 Å². The highest BCUT2D eigenvalue weighted by molar-refractivity contribution is 6.07. The zero-order chi connectivity index (χ0) is 15.7.